The van der Waals surface area contributed by atoms with Crippen LogP contribution in [0.5, 0.6) is 0 Å². The number of H-pyrrole nitrogens is 1. The van der Waals surface area contributed by atoms with Crippen molar-refractivity contribution in [1.29, 1.82) is 0 Å². The summed E-state index contributed by atoms with van der Waals surface area (Å²) in [6, 6.07) is 3.93. The Morgan fingerprint density at radius 2 is 1.88 bits per heavy atom. The Bertz CT molecular complexity index is 471. The number of aromatic nitrogens is 3. The van der Waals surface area contributed by atoms with Crippen LogP contribution in [0, 0.1) is 0 Å². The average molecular weight is 230 g/mol. The van der Waals surface area contributed by atoms with Gasteiger partial charge in [-0.15, -0.1) is 0 Å². The third-order valence-corrected chi connectivity index (χ3v) is 3.19. The van der Waals surface area contributed by atoms with Gasteiger partial charge in [-0.1, -0.05) is 13.8 Å². The van der Waals surface area contributed by atoms with Crippen molar-refractivity contribution >= 4 is 5.82 Å². The summed E-state index contributed by atoms with van der Waals surface area (Å²) in [5.41, 5.74) is 9.20. The van der Waals surface area contributed by atoms with E-state index in [0.29, 0.717) is 11.7 Å². The van der Waals surface area contributed by atoms with Crippen molar-refractivity contribution in [1.82, 2.24) is 15.2 Å². The highest BCUT2D eigenvalue weighted by atomic mass is 15.2. The highest BCUT2D eigenvalue weighted by Gasteiger charge is 2.18. The minimum absolute atomic E-state index is 0.475. The van der Waals surface area contributed by atoms with Crippen molar-refractivity contribution in [3.8, 4) is 11.1 Å². The monoisotopic (exact) mass is 230 g/mol. The fourth-order valence-corrected chi connectivity index (χ4v) is 2.18. The lowest BCUT2D eigenvalue weighted by Crippen LogP contribution is -1.99. The first kappa shape index (κ1) is 11.6. The summed E-state index contributed by atoms with van der Waals surface area (Å²) in [7, 11) is 0. The number of nitrogens with two attached hydrogens (primary N) is 1. The predicted molar refractivity (Wildman–Crippen MR) is 69.6 cm³/mol. The van der Waals surface area contributed by atoms with Crippen LogP contribution in [-0.2, 0) is 0 Å². The fourth-order valence-electron chi connectivity index (χ4n) is 2.18. The van der Waals surface area contributed by atoms with Gasteiger partial charge in [0.25, 0.3) is 0 Å². The molecule has 90 valence electrons. The Hall–Kier alpha value is -1.84. The molecular formula is C13H18N4. The molecule has 0 saturated carbocycles. The van der Waals surface area contributed by atoms with Gasteiger partial charge < -0.3 is 5.73 Å². The summed E-state index contributed by atoms with van der Waals surface area (Å²) in [6.07, 6.45) is 5.71. The molecule has 0 saturated heterocycles. The number of aromatic amines is 1. The normalized spacial score (nSPS) is 11.0. The highest BCUT2D eigenvalue weighted by Crippen LogP contribution is 2.34. The number of anilines is 1. The van der Waals surface area contributed by atoms with Crippen molar-refractivity contribution in [3.63, 3.8) is 0 Å². The fraction of sp³-hybridized carbons (Fsp3) is 0.385. The molecule has 0 aliphatic rings. The van der Waals surface area contributed by atoms with E-state index in [0.717, 1.165) is 29.7 Å². The lowest BCUT2D eigenvalue weighted by atomic mass is 9.93. The van der Waals surface area contributed by atoms with Gasteiger partial charge >= 0.3 is 0 Å². The summed E-state index contributed by atoms with van der Waals surface area (Å²) in [4.78, 5) is 4.03. The number of nitrogen functional groups attached to an aromatic ring is 1. The molecule has 4 nitrogen and oxygen atoms in total. The van der Waals surface area contributed by atoms with E-state index in [1.165, 1.54) is 0 Å². The second-order valence-electron chi connectivity index (χ2n) is 4.15. The minimum atomic E-state index is 0.475. The second kappa shape index (κ2) is 4.99. The zero-order chi connectivity index (χ0) is 12.3. The van der Waals surface area contributed by atoms with Crippen molar-refractivity contribution in [2.75, 3.05) is 5.73 Å². The molecule has 0 bridgehead atoms. The molecule has 2 heterocycles. The third kappa shape index (κ3) is 2.16. The molecule has 3 N–H and O–H groups in total. The molecule has 0 aliphatic heterocycles. The van der Waals surface area contributed by atoms with Crippen LogP contribution in [0.3, 0.4) is 0 Å². The SMILES string of the molecule is CCC(CC)c1[nH]nc(N)c1-c1ccncc1. The minimum Gasteiger partial charge on any atom is -0.382 e. The van der Waals surface area contributed by atoms with Gasteiger partial charge in [-0.3, -0.25) is 10.1 Å². The highest BCUT2D eigenvalue weighted by molar-refractivity contribution is 5.76. The van der Waals surface area contributed by atoms with Gasteiger partial charge in [0.15, 0.2) is 5.82 Å². The topological polar surface area (TPSA) is 67.6 Å². The Morgan fingerprint density at radius 3 is 2.47 bits per heavy atom. The molecule has 17 heavy (non-hydrogen) atoms. The van der Waals surface area contributed by atoms with Gasteiger partial charge in [-0.2, -0.15) is 5.10 Å². The molecular weight excluding hydrogens is 212 g/mol. The molecule has 0 aromatic carbocycles. The smallest absolute Gasteiger partial charge is 0.153 e. The molecule has 0 unspecified atom stereocenters. The standard InChI is InChI=1S/C13H18N4/c1-3-9(4-2)12-11(13(14)17-16-12)10-5-7-15-8-6-10/h5-9H,3-4H2,1-2H3,(H3,14,16,17). The van der Waals surface area contributed by atoms with Crippen LogP contribution in [0.1, 0.15) is 38.3 Å². The lowest BCUT2D eigenvalue weighted by molar-refractivity contribution is 0.622. The Morgan fingerprint density at radius 1 is 1.24 bits per heavy atom. The van der Waals surface area contributed by atoms with E-state index in [9.17, 15) is 0 Å². The number of hydrogen-bond acceptors (Lipinski definition) is 3. The van der Waals surface area contributed by atoms with Crippen molar-refractivity contribution < 1.29 is 0 Å². The molecule has 0 aliphatic carbocycles. The van der Waals surface area contributed by atoms with E-state index in [1.54, 1.807) is 12.4 Å². The zero-order valence-electron chi connectivity index (χ0n) is 10.3. The van der Waals surface area contributed by atoms with Gasteiger partial charge in [-0.25, -0.2) is 0 Å². The molecule has 0 radical (unpaired) electrons. The first-order valence-corrected chi connectivity index (χ1v) is 6.02. The number of nitrogens with zero attached hydrogens (tertiary/aromatic N) is 2. The van der Waals surface area contributed by atoms with Gasteiger partial charge in [0, 0.05) is 29.6 Å². The average Bonchev–Trinajstić information content (AvgIpc) is 2.74. The van der Waals surface area contributed by atoms with Crippen molar-refractivity contribution in [3.05, 3.63) is 30.2 Å². The van der Waals surface area contributed by atoms with E-state index in [1.807, 2.05) is 12.1 Å². The molecule has 4 heteroatoms. The van der Waals surface area contributed by atoms with E-state index < -0.39 is 0 Å². The van der Waals surface area contributed by atoms with E-state index >= 15 is 0 Å². The van der Waals surface area contributed by atoms with Crippen molar-refractivity contribution in [2.45, 2.75) is 32.6 Å². The van der Waals surface area contributed by atoms with Gasteiger partial charge in [0.2, 0.25) is 0 Å². The lowest BCUT2D eigenvalue weighted by Gasteiger charge is -2.12. The molecule has 0 spiro atoms. The first-order valence-electron chi connectivity index (χ1n) is 6.02. The molecule has 0 fully saturated rings. The Labute approximate surface area is 101 Å². The summed E-state index contributed by atoms with van der Waals surface area (Å²) in [5.74, 6) is 1.04. The maximum Gasteiger partial charge on any atom is 0.153 e. The summed E-state index contributed by atoms with van der Waals surface area (Å²) in [6.45, 7) is 4.36. The van der Waals surface area contributed by atoms with Gasteiger partial charge in [-0.05, 0) is 30.5 Å². The Balaban J connectivity index is 2.50. The molecule has 2 rings (SSSR count). The number of hydrogen-bond donors (Lipinski definition) is 2. The van der Waals surface area contributed by atoms with Crippen LogP contribution in [0.2, 0.25) is 0 Å². The molecule has 2 aromatic heterocycles. The maximum absolute atomic E-state index is 5.96. The largest absolute Gasteiger partial charge is 0.382 e. The molecule has 2 aromatic rings. The second-order valence-corrected chi connectivity index (χ2v) is 4.15. The van der Waals surface area contributed by atoms with Crippen LogP contribution in [0.15, 0.2) is 24.5 Å². The van der Waals surface area contributed by atoms with Crippen molar-refractivity contribution in [2.24, 2.45) is 0 Å². The van der Waals surface area contributed by atoms with Gasteiger partial charge in [0.1, 0.15) is 0 Å². The van der Waals surface area contributed by atoms with E-state index in [-0.39, 0.29) is 0 Å². The van der Waals surface area contributed by atoms with Crippen LogP contribution in [0.25, 0.3) is 11.1 Å². The number of pyridine rings is 1. The Kier molecular flexibility index (Phi) is 3.42. The number of rotatable bonds is 4. The summed E-state index contributed by atoms with van der Waals surface area (Å²) in [5, 5.41) is 7.22. The molecule has 0 atom stereocenters. The van der Waals surface area contributed by atoms with E-state index in [2.05, 4.69) is 29.0 Å². The van der Waals surface area contributed by atoms with Crippen LogP contribution < -0.4 is 5.73 Å². The van der Waals surface area contributed by atoms with Crippen LogP contribution in [0.4, 0.5) is 5.82 Å². The third-order valence-electron chi connectivity index (χ3n) is 3.19. The van der Waals surface area contributed by atoms with Gasteiger partial charge in [0.05, 0.1) is 0 Å². The maximum atomic E-state index is 5.96. The predicted octanol–water partition coefficient (Wildman–Crippen LogP) is 2.96. The number of nitrogens with one attached hydrogen (secondary N) is 1. The molecule has 0 amide bonds. The van der Waals surface area contributed by atoms with Crippen LogP contribution >= 0.6 is 0 Å². The summed E-state index contributed by atoms with van der Waals surface area (Å²) >= 11 is 0. The summed E-state index contributed by atoms with van der Waals surface area (Å²) < 4.78 is 0. The van der Waals surface area contributed by atoms with E-state index in [4.69, 9.17) is 5.73 Å². The zero-order valence-corrected chi connectivity index (χ0v) is 10.3. The quantitative estimate of drug-likeness (QED) is 0.848. The van der Waals surface area contributed by atoms with Crippen LogP contribution in [-0.4, -0.2) is 15.2 Å². The first-order chi connectivity index (χ1) is 8.27.